The summed E-state index contributed by atoms with van der Waals surface area (Å²) in [4.78, 5) is 0. The number of benzene rings is 1. The van der Waals surface area contributed by atoms with Gasteiger partial charge in [-0.15, -0.1) is 0 Å². The maximum absolute atomic E-state index is 2.33. The molecule has 1 aromatic rings. The molecule has 0 amide bonds. The fourth-order valence-electron chi connectivity index (χ4n) is 1.93. The van der Waals surface area contributed by atoms with Crippen molar-refractivity contribution in [1.29, 1.82) is 0 Å². The minimum Gasteiger partial charge on any atom is -0.0604 e. The second kappa shape index (κ2) is 9.24. The molecule has 0 spiro atoms. The quantitative estimate of drug-likeness (QED) is 0.440. The highest BCUT2D eigenvalue weighted by Gasteiger charge is 2.24. The molecule has 0 fully saturated rings. The summed E-state index contributed by atoms with van der Waals surface area (Å²) >= 11 is 0. The van der Waals surface area contributed by atoms with Crippen LogP contribution in [0.4, 0.5) is 0 Å². The monoisotopic (exact) mass is 348 g/mol. The molecule has 0 aromatic heterocycles. The first-order valence-corrected chi connectivity index (χ1v) is 9.74. The Hall–Kier alpha value is -0.780. The van der Waals surface area contributed by atoms with E-state index in [1.807, 2.05) is 0 Å². The topological polar surface area (TPSA) is 0 Å². The van der Waals surface area contributed by atoms with E-state index in [0.29, 0.717) is 10.8 Å². The van der Waals surface area contributed by atoms with Crippen LogP contribution in [0.2, 0.25) is 0 Å². The molecule has 0 heterocycles. The predicted octanol–water partition coefficient (Wildman–Crippen LogP) is 8.69. The van der Waals surface area contributed by atoms with Gasteiger partial charge in [-0.2, -0.15) is 0 Å². The molecule has 0 N–H and O–H groups in total. The summed E-state index contributed by atoms with van der Waals surface area (Å²) in [6.45, 7) is 33.4. The molecule has 0 radical (unpaired) electrons. The van der Waals surface area contributed by atoms with E-state index in [-0.39, 0.29) is 10.8 Å². The van der Waals surface area contributed by atoms with E-state index in [1.165, 1.54) is 16.7 Å². The van der Waals surface area contributed by atoms with Crippen LogP contribution in [0.15, 0.2) is 18.2 Å². The number of hydrogen-bond acceptors (Lipinski definition) is 0. The zero-order valence-corrected chi connectivity index (χ0v) is 20.2. The smallest absolute Gasteiger partial charge is 0.0129 e. The Bertz CT molecular complexity index is 467. The van der Waals surface area contributed by atoms with Crippen molar-refractivity contribution in [2.75, 3.05) is 0 Å². The summed E-state index contributed by atoms with van der Waals surface area (Å²) in [6, 6.07) is 6.84. The van der Waals surface area contributed by atoms with Crippen LogP contribution in [0.1, 0.15) is 114 Å². The van der Waals surface area contributed by atoms with Crippen LogP contribution >= 0.6 is 0 Å². The normalized spacial score (nSPS) is 12.6. The summed E-state index contributed by atoms with van der Waals surface area (Å²) in [7, 11) is 0. The minimum absolute atomic E-state index is 0.231. The molecule has 0 aliphatic heterocycles. The van der Waals surface area contributed by atoms with Gasteiger partial charge in [0.1, 0.15) is 0 Å². The zero-order valence-electron chi connectivity index (χ0n) is 20.2. The van der Waals surface area contributed by atoms with Gasteiger partial charge in [0.25, 0.3) is 0 Å². The van der Waals surface area contributed by atoms with E-state index in [2.05, 4.69) is 122 Å². The Labute approximate surface area is 160 Å². The molecule has 0 atom stereocenters. The lowest BCUT2D eigenvalue weighted by molar-refractivity contribution is 0.469. The lowest BCUT2D eigenvalue weighted by Crippen LogP contribution is -2.21. The SMILES string of the molecule is CC(C)(C)C.CC(C)(C)C.Cc1ccc(C(C)(C)C)c(C(C)(C)C)c1. The van der Waals surface area contributed by atoms with Gasteiger partial charge >= 0.3 is 0 Å². The number of aryl methyl sites for hydroxylation is 1. The van der Waals surface area contributed by atoms with Gasteiger partial charge < -0.3 is 0 Å². The first-order valence-electron chi connectivity index (χ1n) is 9.74. The fraction of sp³-hybridized carbons (Fsp3) is 0.760. The second-order valence-electron chi connectivity index (χ2n) is 12.5. The van der Waals surface area contributed by atoms with Crippen LogP contribution in [-0.2, 0) is 10.8 Å². The molecular weight excluding hydrogens is 300 g/mol. The second-order valence-corrected chi connectivity index (χ2v) is 12.5. The maximum atomic E-state index is 2.33. The van der Waals surface area contributed by atoms with Crippen molar-refractivity contribution in [3.63, 3.8) is 0 Å². The van der Waals surface area contributed by atoms with Crippen molar-refractivity contribution in [3.8, 4) is 0 Å². The summed E-state index contributed by atoms with van der Waals surface area (Å²) in [6.07, 6.45) is 0. The molecule has 1 aromatic carbocycles. The van der Waals surface area contributed by atoms with Gasteiger partial charge in [0.2, 0.25) is 0 Å². The molecule has 0 unspecified atom stereocenters. The van der Waals surface area contributed by atoms with Crippen LogP contribution in [0, 0.1) is 17.8 Å². The summed E-state index contributed by atoms with van der Waals surface area (Å²) < 4.78 is 0. The number of rotatable bonds is 0. The van der Waals surface area contributed by atoms with Gasteiger partial charge in [-0.25, -0.2) is 0 Å². The third-order valence-electron chi connectivity index (χ3n) is 2.79. The lowest BCUT2D eigenvalue weighted by atomic mass is 9.75. The largest absolute Gasteiger partial charge is 0.0604 e. The Morgan fingerprint density at radius 2 is 0.760 bits per heavy atom. The van der Waals surface area contributed by atoms with Gasteiger partial charge in [0.15, 0.2) is 0 Å². The first kappa shape index (κ1) is 26.4. The highest BCUT2D eigenvalue weighted by molar-refractivity contribution is 5.40. The van der Waals surface area contributed by atoms with Crippen molar-refractivity contribution in [2.45, 2.75) is 115 Å². The molecular formula is C25H48. The Balaban J connectivity index is 0. The van der Waals surface area contributed by atoms with Gasteiger partial charge in [-0.3, -0.25) is 0 Å². The van der Waals surface area contributed by atoms with Crippen molar-refractivity contribution in [3.05, 3.63) is 34.9 Å². The third-order valence-corrected chi connectivity index (χ3v) is 2.79. The Kier molecular flexibility index (Phi) is 9.78. The highest BCUT2D eigenvalue weighted by atomic mass is 14.3. The van der Waals surface area contributed by atoms with Crippen LogP contribution < -0.4 is 0 Å². The Morgan fingerprint density at radius 3 is 1.00 bits per heavy atom. The van der Waals surface area contributed by atoms with Crippen molar-refractivity contribution >= 4 is 0 Å². The van der Waals surface area contributed by atoms with Crippen LogP contribution in [0.5, 0.6) is 0 Å². The molecule has 148 valence electrons. The molecule has 0 bridgehead atoms. The van der Waals surface area contributed by atoms with Crippen molar-refractivity contribution in [2.24, 2.45) is 10.8 Å². The average molecular weight is 349 g/mol. The molecule has 0 aliphatic carbocycles. The molecule has 25 heavy (non-hydrogen) atoms. The Morgan fingerprint density at radius 1 is 0.480 bits per heavy atom. The van der Waals surface area contributed by atoms with E-state index in [1.54, 1.807) is 0 Å². The van der Waals surface area contributed by atoms with Gasteiger partial charge in [0.05, 0.1) is 0 Å². The maximum Gasteiger partial charge on any atom is -0.0129 e. The van der Waals surface area contributed by atoms with E-state index >= 15 is 0 Å². The molecule has 0 heteroatoms. The molecule has 0 saturated carbocycles. The van der Waals surface area contributed by atoms with Crippen molar-refractivity contribution < 1.29 is 0 Å². The molecule has 0 nitrogen and oxygen atoms in total. The third kappa shape index (κ3) is 17.8. The van der Waals surface area contributed by atoms with E-state index in [4.69, 9.17) is 0 Å². The summed E-state index contributed by atoms with van der Waals surface area (Å²) in [5.41, 5.74) is 5.77. The lowest BCUT2D eigenvalue weighted by Gasteiger charge is -2.30. The predicted molar refractivity (Wildman–Crippen MR) is 119 cm³/mol. The van der Waals surface area contributed by atoms with Gasteiger partial charge in [-0.1, -0.05) is 121 Å². The standard InChI is InChI=1S/C15H24.2C5H12/c1-11-8-9-12(14(2,3)4)13(10-11)15(5,6)7;2*1-5(2,3)4/h8-10H,1-7H3;2*1-4H3. The van der Waals surface area contributed by atoms with E-state index in [9.17, 15) is 0 Å². The van der Waals surface area contributed by atoms with E-state index in [0.717, 1.165) is 0 Å². The van der Waals surface area contributed by atoms with Crippen LogP contribution in [-0.4, -0.2) is 0 Å². The number of hydrogen-bond donors (Lipinski definition) is 0. The summed E-state index contributed by atoms with van der Waals surface area (Å²) in [5, 5.41) is 0. The molecule has 1 rings (SSSR count). The molecule has 0 aliphatic rings. The fourth-order valence-corrected chi connectivity index (χ4v) is 1.93. The average Bonchev–Trinajstić information content (AvgIpc) is 2.20. The molecule has 0 saturated heterocycles. The van der Waals surface area contributed by atoms with Crippen molar-refractivity contribution in [1.82, 2.24) is 0 Å². The summed E-state index contributed by atoms with van der Waals surface area (Å²) in [5.74, 6) is 0. The zero-order chi connectivity index (χ0) is 20.9. The van der Waals surface area contributed by atoms with Gasteiger partial charge in [-0.05, 0) is 39.7 Å². The van der Waals surface area contributed by atoms with E-state index < -0.39 is 0 Å². The minimum atomic E-state index is 0.231. The van der Waals surface area contributed by atoms with Gasteiger partial charge in [0, 0.05) is 0 Å². The van der Waals surface area contributed by atoms with Crippen LogP contribution in [0.25, 0.3) is 0 Å². The van der Waals surface area contributed by atoms with Crippen LogP contribution in [0.3, 0.4) is 0 Å². The first-order chi connectivity index (χ1) is 10.6. The highest BCUT2D eigenvalue weighted by Crippen LogP contribution is 2.34.